The molecule has 1 saturated heterocycles. The van der Waals surface area contributed by atoms with Gasteiger partial charge in [0.15, 0.2) is 0 Å². The van der Waals surface area contributed by atoms with E-state index in [9.17, 15) is 18.0 Å². The molecule has 0 bridgehead atoms. The quantitative estimate of drug-likeness (QED) is 0.556. The zero-order valence-electron chi connectivity index (χ0n) is 8.84. The fourth-order valence-electron chi connectivity index (χ4n) is 1.27. The molecular formula is C10H13F3O3. The first kappa shape index (κ1) is 13.0. The van der Waals surface area contributed by atoms with Crippen molar-refractivity contribution in [2.45, 2.75) is 32.0 Å². The third-order valence-electron chi connectivity index (χ3n) is 2.28. The average Bonchev–Trinajstić information content (AvgIpc) is 2.08. The molecule has 1 heterocycles. The Hall–Kier alpha value is -1.04. The molecule has 0 aromatic carbocycles. The summed E-state index contributed by atoms with van der Waals surface area (Å²) < 4.78 is 46.3. The molecule has 1 aliphatic rings. The smallest absolute Gasteiger partial charge is 0.423 e. The van der Waals surface area contributed by atoms with Gasteiger partial charge < -0.3 is 9.47 Å². The molecule has 0 N–H and O–H groups in total. The number of allylic oxidation sites excluding steroid dienone is 1. The number of halogens is 3. The zero-order chi connectivity index (χ0) is 12.2. The van der Waals surface area contributed by atoms with Gasteiger partial charge in [-0.1, -0.05) is 6.08 Å². The molecular weight excluding hydrogens is 225 g/mol. The highest BCUT2D eigenvalue weighted by atomic mass is 19.4. The van der Waals surface area contributed by atoms with Gasteiger partial charge in [-0.2, -0.15) is 13.2 Å². The monoisotopic (exact) mass is 238 g/mol. The highest BCUT2D eigenvalue weighted by molar-refractivity contribution is 5.89. The predicted octanol–water partition coefficient (Wildman–Crippen LogP) is 2.22. The number of carbonyl (C=O) groups is 1. The summed E-state index contributed by atoms with van der Waals surface area (Å²) in [4.78, 5) is 11.1. The van der Waals surface area contributed by atoms with Crippen LogP contribution >= 0.6 is 0 Å². The van der Waals surface area contributed by atoms with Crippen LogP contribution in [0.25, 0.3) is 0 Å². The van der Waals surface area contributed by atoms with E-state index in [1.807, 2.05) is 0 Å². The molecule has 0 aromatic heterocycles. The molecule has 0 radical (unpaired) electrons. The number of ether oxygens (including phenoxy) is 2. The second-order valence-electron chi connectivity index (χ2n) is 3.41. The third-order valence-corrected chi connectivity index (χ3v) is 2.28. The fourth-order valence-corrected chi connectivity index (χ4v) is 1.27. The molecule has 16 heavy (non-hydrogen) atoms. The minimum absolute atomic E-state index is 0.0211. The highest BCUT2D eigenvalue weighted by Gasteiger charge is 2.39. The van der Waals surface area contributed by atoms with Crippen LogP contribution < -0.4 is 0 Å². The topological polar surface area (TPSA) is 35.5 Å². The molecule has 0 aromatic rings. The molecule has 1 rings (SSSR count). The van der Waals surface area contributed by atoms with Gasteiger partial charge >= 0.3 is 12.1 Å². The summed E-state index contributed by atoms with van der Waals surface area (Å²) in [6.45, 7) is 1.78. The summed E-state index contributed by atoms with van der Waals surface area (Å²) in [7, 11) is 0. The van der Waals surface area contributed by atoms with Gasteiger partial charge in [0.25, 0.3) is 0 Å². The van der Waals surface area contributed by atoms with E-state index in [1.165, 1.54) is 0 Å². The van der Waals surface area contributed by atoms with E-state index in [2.05, 4.69) is 4.74 Å². The summed E-state index contributed by atoms with van der Waals surface area (Å²) in [5, 5.41) is 0. The van der Waals surface area contributed by atoms with Crippen molar-refractivity contribution in [1.82, 2.24) is 0 Å². The Labute approximate surface area is 91.2 Å². The summed E-state index contributed by atoms with van der Waals surface area (Å²) >= 11 is 0. The Morgan fingerprint density at radius 3 is 2.56 bits per heavy atom. The van der Waals surface area contributed by atoms with E-state index >= 15 is 0 Å². The largest absolute Gasteiger partial charge is 0.462 e. The van der Waals surface area contributed by atoms with Gasteiger partial charge in [0.1, 0.15) is 5.57 Å². The van der Waals surface area contributed by atoms with Crippen LogP contribution in [-0.4, -0.2) is 31.5 Å². The highest BCUT2D eigenvalue weighted by Crippen LogP contribution is 2.26. The van der Waals surface area contributed by atoms with Gasteiger partial charge in [-0.3, -0.25) is 0 Å². The summed E-state index contributed by atoms with van der Waals surface area (Å²) in [5.41, 5.74) is -1.26. The Bertz CT molecular complexity index is 280. The molecule has 92 valence electrons. The maximum Gasteiger partial charge on any atom is 0.423 e. The zero-order valence-corrected chi connectivity index (χ0v) is 8.84. The van der Waals surface area contributed by atoms with E-state index in [1.54, 1.807) is 0 Å². The SMILES string of the molecule is CC=C(C(=O)OCCC1CCO1)C(F)(F)F. The minimum Gasteiger partial charge on any atom is -0.462 e. The van der Waals surface area contributed by atoms with Crippen LogP contribution in [0.5, 0.6) is 0 Å². The van der Waals surface area contributed by atoms with Crippen LogP contribution in [0, 0.1) is 0 Å². The first-order valence-corrected chi connectivity index (χ1v) is 4.97. The number of alkyl halides is 3. The molecule has 1 aliphatic heterocycles. The van der Waals surface area contributed by atoms with E-state index in [-0.39, 0.29) is 12.7 Å². The number of carbonyl (C=O) groups excluding carboxylic acids is 1. The van der Waals surface area contributed by atoms with E-state index in [0.29, 0.717) is 19.1 Å². The lowest BCUT2D eigenvalue weighted by atomic mass is 10.1. The lowest BCUT2D eigenvalue weighted by Gasteiger charge is -2.26. The standard InChI is InChI=1S/C10H13F3O3/c1-2-8(10(11,12)13)9(14)16-6-4-7-3-5-15-7/h2,7H,3-6H2,1H3. The molecule has 0 saturated carbocycles. The molecule has 0 amide bonds. The van der Waals surface area contributed by atoms with E-state index in [4.69, 9.17) is 4.74 Å². The molecule has 1 unspecified atom stereocenters. The van der Waals surface area contributed by atoms with Crippen molar-refractivity contribution in [3.05, 3.63) is 11.6 Å². The molecule has 6 heteroatoms. The van der Waals surface area contributed by atoms with Crippen molar-refractivity contribution in [2.24, 2.45) is 0 Å². The van der Waals surface area contributed by atoms with Crippen LogP contribution in [0.1, 0.15) is 19.8 Å². The second-order valence-corrected chi connectivity index (χ2v) is 3.41. The molecule has 1 fully saturated rings. The average molecular weight is 238 g/mol. The van der Waals surface area contributed by atoms with Gasteiger partial charge in [0.05, 0.1) is 12.7 Å². The Balaban J connectivity index is 2.32. The van der Waals surface area contributed by atoms with Crippen molar-refractivity contribution in [2.75, 3.05) is 13.2 Å². The minimum atomic E-state index is -4.65. The number of rotatable bonds is 4. The summed E-state index contributed by atoms with van der Waals surface area (Å²) in [6, 6.07) is 0. The summed E-state index contributed by atoms with van der Waals surface area (Å²) in [5.74, 6) is -1.32. The Morgan fingerprint density at radius 2 is 2.19 bits per heavy atom. The predicted molar refractivity (Wildman–Crippen MR) is 49.7 cm³/mol. The van der Waals surface area contributed by atoms with Gasteiger partial charge in [-0.25, -0.2) is 4.79 Å². The lowest BCUT2D eigenvalue weighted by molar-refractivity contribution is -0.152. The number of hydrogen-bond acceptors (Lipinski definition) is 3. The molecule has 3 nitrogen and oxygen atoms in total. The normalized spacial score (nSPS) is 21.5. The third kappa shape index (κ3) is 3.52. The second kappa shape index (κ2) is 5.34. The maximum absolute atomic E-state index is 12.2. The van der Waals surface area contributed by atoms with Crippen LogP contribution in [0.3, 0.4) is 0 Å². The van der Waals surface area contributed by atoms with Gasteiger partial charge in [0, 0.05) is 13.0 Å². The van der Waals surface area contributed by atoms with Gasteiger partial charge in [-0.05, 0) is 13.3 Å². The van der Waals surface area contributed by atoms with Gasteiger partial charge in [0.2, 0.25) is 0 Å². The maximum atomic E-state index is 12.2. The van der Waals surface area contributed by atoms with Crippen molar-refractivity contribution in [3.8, 4) is 0 Å². The first-order chi connectivity index (χ1) is 7.45. The van der Waals surface area contributed by atoms with Crippen LogP contribution in [0.2, 0.25) is 0 Å². The van der Waals surface area contributed by atoms with E-state index in [0.717, 1.165) is 13.3 Å². The molecule has 1 atom stereocenters. The fraction of sp³-hybridized carbons (Fsp3) is 0.700. The van der Waals surface area contributed by atoms with Crippen LogP contribution in [0.4, 0.5) is 13.2 Å². The molecule has 0 aliphatic carbocycles. The van der Waals surface area contributed by atoms with Crippen molar-refractivity contribution in [3.63, 3.8) is 0 Å². The van der Waals surface area contributed by atoms with Crippen LogP contribution in [-0.2, 0) is 14.3 Å². The lowest BCUT2D eigenvalue weighted by Crippen LogP contribution is -2.29. The molecule has 0 spiro atoms. The number of esters is 1. The van der Waals surface area contributed by atoms with Crippen molar-refractivity contribution >= 4 is 5.97 Å². The Morgan fingerprint density at radius 1 is 1.56 bits per heavy atom. The van der Waals surface area contributed by atoms with Crippen LogP contribution in [0.15, 0.2) is 11.6 Å². The first-order valence-electron chi connectivity index (χ1n) is 4.97. The van der Waals surface area contributed by atoms with Gasteiger partial charge in [-0.15, -0.1) is 0 Å². The van der Waals surface area contributed by atoms with Crippen molar-refractivity contribution in [1.29, 1.82) is 0 Å². The number of hydrogen-bond donors (Lipinski definition) is 0. The summed E-state index contributed by atoms with van der Waals surface area (Å²) in [6.07, 6.45) is -2.61. The van der Waals surface area contributed by atoms with Crippen molar-refractivity contribution < 1.29 is 27.4 Å². The van der Waals surface area contributed by atoms with E-state index < -0.39 is 17.7 Å². The Kier molecular flexibility index (Phi) is 4.35.